The highest BCUT2D eigenvalue weighted by Crippen LogP contribution is 2.48. The zero-order chi connectivity index (χ0) is 9.97. The molecule has 0 radical (unpaired) electrons. The quantitative estimate of drug-likeness (QED) is 0.398. The van der Waals surface area contributed by atoms with Crippen molar-refractivity contribution in [3.8, 4) is 0 Å². The van der Waals surface area contributed by atoms with Crippen molar-refractivity contribution in [2.45, 2.75) is 12.3 Å². The van der Waals surface area contributed by atoms with Crippen LogP contribution in [-0.2, 0) is 4.79 Å². The van der Waals surface area contributed by atoms with E-state index in [4.69, 9.17) is 5.53 Å². The maximum atomic E-state index is 11.2. The normalized spacial score (nSPS) is 23.7. The van der Waals surface area contributed by atoms with Gasteiger partial charge < -0.3 is 0 Å². The van der Waals surface area contributed by atoms with Gasteiger partial charge in [-0.25, -0.2) is 0 Å². The van der Waals surface area contributed by atoms with E-state index in [1.54, 1.807) is 0 Å². The van der Waals surface area contributed by atoms with Crippen molar-refractivity contribution < 1.29 is 4.79 Å². The van der Waals surface area contributed by atoms with Gasteiger partial charge in [0, 0.05) is 10.8 Å². The van der Waals surface area contributed by atoms with Crippen LogP contribution >= 0.6 is 0 Å². The van der Waals surface area contributed by atoms with E-state index in [0.29, 0.717) is 0 Å². The number of hydrogen-bond acceptors (Lipinski definition) is 1. The number of amides is 1. The van der Waals surface area contributed by atoms with Crippen LogP contribution in [0.3, 0.4) is 0 Å². The molecule has 0 aliphatic heterocycles. The van der Waals surface area contributed by atoms with Gasteiger partial charge in [-0.15, -0.1) is 0 Å². The van der Waals surface area contributed by atoms with E-state index in [1.807, 2.05) is 30.3 Å². The molecule has 0 heterocycles. The summed E-state index contributed by atoms with van der Waals surface area (Å²) in [5.41, 5.74) is 9.26. The summed E-state index contributed by atoms with van der Waals surface area (Å²) in [4.78, 5) is 13.7. The first-order chi connectivity index (χ1) is 6.83. The Hall–Kier alpha value is -1.80. The van der Waals surface area contributed by atoms with Crippen LogP contribution in [0.25, 0.3) is 10.4 Å². The van der Waals surface area contributed by atoms with Gasteiger partial charge in [-0.2, -0.15) is 0 Å². The SMILES string of the molecule is [N-]=[N+]=NC(=O)C1CC1c1ccccc1. The summed E-state index contributed by atoms with van der Waals surface area (Å²) in [6, 6.07) is 9.82. The maximum Gasteiger partial charge on any atom is 0.222 e. The summed E-state index contributed by atoms with van der Waals surface area (Å²) in [5, 5.41) is 3.10. The first-order valence-electron chi connectivity index (χ1n) is 4.47. The molecule has 2 atom stereocenters. The average Bonchev–Trinajstić information content (AvgIpc) is 2.99. The highest BCUT2D eigenvalue weighted by atomic mass is 16.2. The van der Waals surface area contributed by atoms with Crippen LogP contribution in [0, 0.1) is 5.92 Å². The Morgan fingerprint density at radius 1 is 1.43 bits per heavy atom. The summed E-state index contributed by atoms with van der Waals surface area (Å²) in [6.07, 6.45) is 0.807. The fourth-order valence-electron chi connectivity index (χ4n) is 1.65. The minimum absolute atomic E-state index is 0.0895. The van der Waals surface area contributed by atoms with E-state index in [9.17, 15) is 4.79 Å². The number of carbonyl (C=O) groups excluding carboxylic acids is 1. The Bertz CT molecular complexity index is 395. The van der Waals surface area contributed by atoms with Gasteiger partial charge >= 0.3 is 0 Å². The van der Waals surface area contributed by atoms with Crippen LogP contribution in [0.15, 0.2) is 35.4 Å². The summed E-state index contributed by atoms with van der Waals surface area (Å²) >= 11 is 0. The molecule has 0 bridgehead atoms. The molecule has 0 saturated heterocycles. The number of nitrogens with zero attached hydrogens (tertiary/aromatic N) is 3. The molecular formula is C10H9N3O. The Balaban J connectivity index is 2.07. The molecule has 1 aromatic carbocycles. The molecule has 2 rings (SSSR count). The minimum Gasteiger partial charge on any atom is -0.292 e. The second-order valence-electron chi connectivity index (χ2n) is 3.39. The third kappa shape index (κ3) is 1.60. The Morgan fingerprint density at radius 2 is 2.14 bits per heavy atom. The fourth-order valence-corrected chi connectivity index (χ4v) is 1.65. The predicted octanol–water partition coefficient (Wildman–Crippen LogP) is 2.63. The van der Waals surface area contributed by atoms with Crippen LogP contribution in [0.1, 0.15) is 17.9 Å². The topological polar surface area (TPSA) is 65.8 Å². The second-order valence-corrected chi connectivity index (χ2v) is 3.39. The molecule has 1 aromatic rings. The molecule has 0 spiro atoms. The lowest BCUT2D eigenvalue weighted by Crippen LogP contribution is -1.95. The van der Waals surface area contributed by atoms with E-state index in [1.165, 1.54) is 0 Å². The Morgan fingerprint density at radius 3 is 2.79 bits per heavy atom. The predicted molar refractivity (Wildman–Crippen MR) is 51.4 cm³/mol. The van der Waals surface area contributed by atoms with E-state index in [-0.39, 0.29) is 17.7 Å². The second kappa shape index (κ2) is 3.52. The van der Waals surface area contributed by atoms with E-state index in [2.05, 4.69) is 10.0 Å². The summed E-state index contributed by atoms with van der Waals surface area (Å²) in [6.45, 7) is 0. The zero-order valence-electron chi connectivity index (χ0n) is 7.50. The average molecular weight is 187 g/mol. The van der Waals surface area contributed by atoms with Crippen LogP contribution in [0.4, 0.5) is 0 Å². The number of hydrogen-bond donors (Lipinski definition) is 0. The molecule has 1 saturated carbocycles. The van der Waals surface area contributed by atoms with Crippen LogP contribution < -0.4 is 0 Å². The minimum atomic E-state index is -0.332. The number of rotatable bonds is 2. The lowest BCUT2D eigenvalue weighted by atomic mass is 10.1. The smallest absolute Gasteiger partial charge is 0.222 e. The molecule has 14 heavy (non-hydrogen) atoms. The van der Waals surface area contributed by atoms with Crippen LogP contribution in [0.5, 0.6) is 0 Å². The molecule has 4 nitrogen and oxygen atoms in total. The van der Waals surface area contributed by atoms with Crippen molar-refractivity contribution in [3.63, 3.8) is 0 Å². The molecule has 0 aromatic heterocycles. The number of benzene rings is 1. The lowest BCUT2D eigenvalue weighted by molar-refractivity contribution is -0.119. The monoisotopic (exact) mass is 187 g/mol. The van der Waals surface area contributed by atoms with Crippen molar-refractivity contribution in [2.75, 3.05) is 0 Å². The van der Waals surface area contributed by atoms with Gasteiger partial charge in [-0.1, -0.05) is 30.3 Å². The first kappa shape index (κ1) is 8.78. The number of carbonyl (C=O) groups is 1. The Labute approximate surface area is 81.2 Å². The summed E-state index contributed by atoms with van der Waals surface area (Å²) in [5.74, 6) is -0.163. The highest BCUT2D eigenvalue weighted by molar-refractivity contribution is 5.83. The fraction of sp³-hybridized carbons (Fsp3) is 0.300. The first-order valence-corrected chi connectivity index (χ1v) is 4.47. The van der Waals surface area contributed by atoms with E-state index in [0.717, 1.165) is 12.0 Å². The van der Waals surface area contributed by atoms with Crippen molar-refractivity contribution in [3.05, 3.63) is 46.3 Å². The highest BCUT2D eigenvalue weighted by Gasteiger charge is 2.42. The van der Waals surface area contributed by atoms with Crippen molar-refractivity contribution >= 4 is 5.91 Å². The third-order valence-electron chi connectivity index (χ3n) is 2.48. The third-order valence-corrected chi connectivity index (χ3v) is 2.48. The van der Waals surface area contributed by atoms with Crippen molar-refractivity contribution in [1.29, 1.82) is 0 Å². The van der Waals surface area contributed by atoms with Gasteiger partial charge in [-0.05, 0) is 28.5 Å². The van der Waals surface area contributed by atoms with Crippen LogP contribution in [-0.4, -0.2) is 5.91 Å². The van der Waals surface area contributed by atoms with Crippen LogP contribution in [0.2, 0.25) is 0 Å². The molecule has 0 N–H and O–H groups in total. The molecular weight excluding hydrogens is 178 g/mol. The van der Waals surface area contributed by atoms with Gasteiger partial charge in [0.2, 0.25) is 5.91 Å². The lowest BCUT2D eigenvalue weighted by Gasteiger charge is -1.96. The zero-order valence-corrected chi connectivity index (χ0v) is 7.50. The molecule has 4 heteroatoms. The van der Waals surface area contributed by atoms with Gasteiger partial charge in [0.15, 0.2) is 0 Å². The Kier molecular flexibility index (Phi) is 2.21. The molecule has 2 unspecified atom stereocenters. The molecule has 70 valence electrons. The molecule has 1 aliphatic rings. The maximum absolute atomic E-state index is 11.2. The molecule has 1 aliphatic carbocycles. The van der Waals surface area contributed by atoms with Gasteiger partial charge in [0.05, 0.1) is 0 Å². The van der Waals surface area contributed by atoms with E-state index < -0.39 is 0 Å². The van der Waals surface area contributed by atoms with Crippen molar-refractivity contribution in [1.82, 2.24) is 0 Å². The van der Waals surface area contributed by atoms with Crippen molar-refractivity contribution in [2.24, 2.45) is 11.0 Å². The summed E-state index contributed by atoms with van der Waals surface area (Å²) in [7, 11) is 0. The molecule has 1 fully saturated rings. The van der Waals surface area contributed by atoms with Gasteiger partial charge in [0.25, 0.3) is 0 Å². The summed E-state index contributed by atoms with van der Waals surface area (Å²) < 4.78 is 0. The van der Waals surface area contributed by atoms with Gasteiger partial charge in [-0.3, -0.25) is 4.79 Å². The number of azide groups is 1. The van der Waals surface area contributed by atoms with Gasteiger partial charge in [0.1, 0.15) is 0 Å². The standard InChI is InChI=1S/C10H9N3O/c11-13-12-10(14)9-6-8(9)7-4-2-1-3-5-7/h1-5,8-9H,6H2. The largest absolute Gasteiger partial charge is 0.292 e. The molecule has 1 amide bonds. The van der Waals surface area contributed by atoms with E-state index >= 15 is 0 Å².